The zero-order valence-corrected chi connectivity index (χ0v) is 20.2. The Hall–Kier alpha value is -3.81. The second-order valence-electron chi connectivity index (χ2n) is 8.42. The van der Waals surface area contributed by atoms with E-state index in [1.165, 1.54) is 4.90 Å². The second-order valence-corrected chi connectivity index (χ2v) is 8.42. The number of anilines is 1. The van der Waals surface area contributed by atoms with Gasteiger partial charge in [0.05, 0.1) is 17.1 Å². The summed E-state index contributed by atoms with van der Waals surface area (Å²) in [5.41, 5.74) is 7.85. The lowest BCUT2D eigenvalue weighted by atomic mass is 9.93. The number of amides is 3. The third-order valence-electron chi connectivity index (χ3n) is 5.10. The number of hydrogen-bond donors (Lipinski definition) is 2. The van der Waals surface area contributed by atoms with Gasteiger partial charge in [0.1, 0.15) is 0 Å². The Labute approximate surface area is 201 Å². The van der Waals surface area contributed by atoms with Crippen molar-refractivity contribution in [3.05, 3.63) is 72.6 Å². The van der Waals surface area contributed by atoms with E-state index in [2.05, 4.69) is 21.9 Å². The van der Waals surface area contributed by atoms with Gasteiger partial charge in [-0.05, 0) is 37.5 Å². The summed E-state index contributed by atoms with van der Waals surface area (Å²) in [5.74, 6) is -1.81. The fraction of sp³-hybridized carbons (Fsp3) is 0.346. The van der Waals surface area contributed by atoms with Crippen LogP contribution in [0.15, 0.2) is 66.3 Å². The van der Waals surface area contributed by atoms with Gasteiger partial charge in [-0.15, -0.1) is 6.58 Å². The number of fused-ring (bicyclic) bond motifs is 1. The number of para-hydroxylation sites is 1. The van der Waals surface area contributed by atoms with Crippen molar-refractivity contribution in [1.29, 1.82) is 0 Å². The van der Waals surface area contributed by atoms with Gasteiger partial charge in [-0.2, -0.15) is 0 Å². The maximum absolute atomic E-state index is 13.2. The molecule has 0 bridgehead atoms. The normalized spacial score (nSPS) is 15.8. The van der Waals surface area contributed by atoms with Crippen LogP contribution < -0.4 is 16.0 Å². The van der Waals surface area contributed by atoms with Crippen molar-refractivity contribution in [2.45, 2.75) is 39.8 Å². The Bertz CT molecular complexity index is 1050. The number of hydrogen-bond acceptors (Lipinski definition) is 5. The minimum atomic E-state index is -1.15. The molecule has 2 aromatic rings. The zero-order chi connectivity index (χ0) is 25.3. The van der Waals surface area contributed by atoms with Crippen molar-refractivity contribution in [3.8, 4) is 0 Å². The fourth-order valence-corrected chi connectivity index (χ4v) is 3.67. The number of carbonyl (C=O) groups excluding carboxylic acids is 3. The highest BCUT2D eigenvalue weighted by atomic mass is 16.2. The highest BCUT2D eigenvalue weighted by Gasteiger charge is 2.33. The summed E-state index contributed by atoms with van der Waals surface area (Å²) in [6.07, 6.45) is 2.64. The highest BCUT2D eigenvalue weighted by molar-refractivity contribution is 6.19. The molecule has 8 heteroatoms. The fourth-order valence-electron chi connectivity index (χ4n) is 3.67. The molecule has 0 aliphatic carbocycles. The molecule has 180 valence electrons. The molecule has 0 saturated heterocycles. The van der Waals surface area contributed by atoms with Crippen LogP contribution >= 0.6 is 0 Å². The van der Waals surface area contributed by atoms with E-state index < -0.39 is 23.9 Å². The summed E-state index contributed by atoms with van der Waals surface area (Å²) >= 11 is 0. The molecule has 1 aromatic heterocycles. The van der Waals surface area contributed by atoms with E-state index in [0.29, 0.717) is 23.5 Å². The number of benzene rings is 1. The molecule has 3 rings (SSSR count). The number of allylic oxidation sites excluding steroid dienone is 1. The first-order chi connectivity index (χ1) is 16.2. The maximum Gasteiger partial charge on any atom is 0.272 e. The van der Waals surface area contributed by atoms with Gasteiger partial charge < -0.3 is 16.0 Å². The number of carbonyl (C=O) groups is 3. The van der Waals surface area contributed by atoms with Crippen molar-refractivity contribution in [2.75, 3.05) is 11.9 Å². The highest BCUT2D eigenvalue weighted by Crippen LogP contribution is 2.27. The minimum Gasteiger partial charge on any atom is -0.370 e. The van der Waals surface area contributed by atoms with E-state index in [1.807, 2.05) is 51.1 Å². The predicted molar refractivity (Wildman–Crippen MR) is 134 cm³/mol. The molecule has 8 nitrogen and oxygen atoms in total. The van der Waals surface area contributed by atoms with Gasteiger partial charge in [-0.3, -0.25) is 19.4 Å². The second kappa shape index (κ2) is 12.4. The van der Waals surface area contributed by atoms with E-state index in [0.717, 1.165) is 5.56 Å². The van der Waals surface area contributed by atoms with Crippen LogP contribution in [0.5, 0.6) is 0 Å². The van der Waals surface area contributed by atoms with Crippen LogP contribution in [0.1, 0.15) is 44.9 Å². The number of nitrogens with two attached hydrogens (primary N) is 1. The van der Waals surface area contributed by atoms with Crippen LogP contribution in [0.2, 0.25) is 0 Å². The zero-order valence-electron chi connectivity index (χ0n) is 20.2. The van der Waals surface area contributed by atoms with Gasteiger partial charge in [0.25, 0.3) is 5.91 Å². The first-order valence-electron chi connectivity index (χ1n) is 11.2. The standard InChI is InChI=1S/C23H27N5O3.C3H6/c1-14(2)12-15(13-19(24)29)22(30)27-21-23(31)28(3)18-10-5-4-8-16(18)20(26-21)17-9-6-7-11-25-17;1-3-2/h4-11,14-15,21H,12-13H2,1-3H3,(H2,24,29)(H,27,30);3H,1H2,2H3/t15-,21?;/m1./s1. The van der Waals surface area contributed by atoms with Crippen molar-refractivity contribution in [2.24, 2.45) is 22.6 Å². The minimum absolute atomic E-state index is 0.0855. The Morgan fingerprint density at radius 3 is 2.44 bits per heavy atom. The number of aliphatic imine (C=N–C) groups is 1. The number of likely N-dealkylation sites (N-methyl/N-ethyl adjacent to an activating group) is 1. The van der Waals surface area contributed by atoms with Gasteiger partial charge in [0, 0.05) is 31.1 Å². The molecule has 2 heterocycles. The van der Waals surface area contributed by atoms with Crippen LogP contribution in [-0.4, -0.2) is 41.6 Å². The first-order valence-corrected chi connectivity index (χ1v) is 11.2. The third-order valence-corrected chi connectivity index (χ3v) is 5.10. The van der Waals surface area contributed by atoms with Crippen LogP contribution in [-0.2, 0) is 14.4 Å². The topological polar surface area (TPSA) is 118 Å². The molecule has 0 fully saturated rings. The summed E-state index contributed by atoms with van der Waals surface area (Å²) in [6, 6.07) is 12.8. The molecular weight excluding hydrogens is 430 g/mol. The molecule has 1 unspecified atom stereocenters. The summed E-state index contributed by atoms with van der Waals surface area (Å²) in [7, 11) is 1.65. The van der Waals surface area contributed by atoms with Crippen molar-refractivity contribution in [1.82, 2.24) is 10.3 Å². The number of benzodiazepines with no additional fused rings is 1. The SMILES string of the molecule is C=CC.CC(C)C[C@H](CC(N)=O)C(=O)NC1N=C(c2ccccn2)c2ccccc2N(C)C1=O. The summed E-state index contributed by atoms with van der Waals surface area (Å²) in [6.45, 7) is 9.17. The number of aromatic nitrogens is 1. The van der Waals surface area contributed by atoms with Gasteiger partial charge in [0.2, 0.25) is 18.0 Å². The molecule has 0 saturated carbocycles. The van der Waals surface area contributed by atoms with Crippen LogP contribution in [0.25, 0.3) is 0 Å². The molecule has 1 aliphatic heterocycles. The van der Waals surface area contributed by atoms with Gasteiger partial charge in [-0.25, -0.2) is 4.99 Å². The largest absolute Gasteiger partial charge is 0.370 e. The van der Waals surface area contributed by atoms with Gasteiger partial charge in [0.15, 0.2) is 0 Å². The quantitative estimate of drug-likeness (QED) is 0.614. The van der Waals surface area contributed by atoms with Crippen LogP contribution in [0.4, 0.5) is 5.69 Å². The molecule has 2 atom stereocenters. The number of primary amides is 1. The molecular formula is C26H33N5O3. The van der Waals surface area contributed by atoms with Crippen LogP contribution in [0.3, 0.4) is 0 Å². The Morgan fingerprint density at radius 2 is 1.85 bits per heavy atom. The van der Waals surface area contributed by atoms with E-state index in [-0.39, 0.29) is 18.2 Å². The summed E-state index contributed by atoms with van der Waals surface area (Å²) in [4.78, 5) is 48.1. The van der Waals surface area contributed by atoms with Crippen molar-refractivity contribution in [3.63, 3.8) is 0 Å². The summed E-state index contributed by atoms with van der Waals surface area (Å²) < 4.78 is 0. The first kappa shape index (κ1) is 26.4. The monoisotopic (exact) mass is 463 g/mol. The van der Waals surface area contributed by atoms with Crippen LogP contribution in [0, 0.1) is 11.8 Å². The lowest BCUT2D eigenvalue weighted by molar-refractivity contribution is -0.132. The summed E-state index contributed by atoms with van der Waals surface area (Å²) in [5, 5.41) is 2.73. The molecule has 34 heavy (non-hydrogen) atoms. The Balaban J connectivity index is 0.00000129. The number of rotatable bonds is 7. The maximum atomic E-state index is 13.2. The van der Waals surface area contributed by atoms with Crippen molar-refractivity contribution < 1.29 is 14.4 Å². The number of nitrogens with one attached hydrogen (secondary N) is 1. The molecule has 3 N–H and O–H groups in total. The Morgan fingerprint density at radius 1 is 1.21 bits per heavy atom. The average Bonchev–Trinajstić information content (AvgIpc) is 2.90. The molecule has 1 aliphatic rings. The van der Waals surface area contributed by atoms with E-state index in [4.69, 9.17) is 5.73 Å². The lowest BCUT2D eigenvalue weighted by Gasteiger charge is -2.23. The number of pyridine rings is 1. The van der Waals surface area contributed by atoms with Gasteiger partial charge in [-0.1, -0.05) is 44.2 Å². The lowest BCUT2D eigenvalue weighted by Crippen LogP contribution is -2.48. The Kier molecular flexibility index (Phi) is 9.67. The molecule has 0 radical (unpaired) electrons. The number of nitrogens with zero attached hydrogens (tertiary/aromatic N) is 3. The predicted octanol–water partition coefficient (Wildman–Crippen LogP) is 3.07. The van der Waals surface area contributed by atoms with Crippen molar-refractivity contribution >= 4 is 29.1 Å². The molecule has 0 spiro atoms. The van der Waals surface area contributed by atoms with E-state index in [1.54, 1.807) is 31.5 Å². The van der Waals surface area contributed by atoms with E-state index in [9.17, 15) is 14.4 Å². The average molecular weight is 464 g/mol. The smallest absolute Gasteiger partial charge is 0.272 e. The third kappa shape index (κ3) is 6.84. The van der Waals surface area contributed by atoms with E-state index >= 15 is 0 Å². The van der Waals surface area contributed by atoms with Gasteiger partial charge >= 0.3 is 0 Å². The molecule has 1 aromatic carbocycles. The molecule has 3 amide bonds.